The van der Waals surface area contributed by atoms with Crippen molar-refractivity contribution in [3.8, 4) is 11.5 Å². The quantitative estimate of drug-likeness (QED) is 0.654. The molecule has 1 amide bonds. The molecule has 29 heavy (non-hydrogen) atoms. The van der Waals surface area contributed by atoms with Crippen molar-refractivity contribution in [1.29, 1.82) is 0 Å². The summed E-state index contributed by atoms with van der Waals surface area (Å²) in [5, 5.41) is 3.69. The van der Waals surface area contributed by atoms with E-state index >= 15 is 0 Å². The number of anilines is 2. The second kappa shape index (κ2) is 7.76. The summed E-state index contributed by atoms with van der Waals surface area (Å²) in [6.45, 7) is 1.54. The molecule has 3 aromatic rings. The van der Waals surface area contributed by atoms with E-state index in [1.54, 1.807) is 25.2 Å². The summed E-state index contributed by atoms with van der Waals surface area (Å²) in [5.74, 6) is 0.839. The van der Waals surface area contributed by atoms with Crippen LogP contribution in [-0.2, 0) is 11.8 Å². The van der Waals surface area contributed by atoms with E-state index in [-0.39, 0.29) is 22.9 Å². The lowest BCUT2D eigenvalue weighted by Crippen LogP contribution is -2.24. The predicted octanol–water partition coefficient (Wildman–Crippen LogP) is 0.951. The van der Waals surface area contributed by atoms with Crippen molar-refractivity contribution in [2.24, 2.45) is 7.05 Å². The highest BCUT2D eigenvalue weighted by Crippen LogP contribution is 2.36. The number of rotatable bonds is 2. The maximum Gasteiger partial charge on any atom is 0.259 e. The second-order valence-electron chi connectivity index (χ2n) is 6.34. The summed E-state index contributed by atoms with van der Waals surface area (Å²) in [4.78, 5) is 33.0. The number of pyridine rings is 1. The van der Waals surface area contributed by atoms with Crippen LogP contribution in [0.5, 0.6) is 11.5 Å². The fraction of sp³-hybridized carbons (Fsp3) is 0.263. The van der Waals surface area contributed by atoms with Gasteiger partial charge in [-0.15, -0.1) is 0 Å². The van der Waals surface area contributed by atoms with Gasteiger partial charge in [-0.2, -0.15) is 0 Å². The van der Waals surface area contributed by atoms with E-state index in [4.69, 9.17) is 19.9 Å². The SMILES string of the molecule is Cn1c(NC(=O)c2cnc(N)nc2)cc2c3c(ccc2c1=O)OCCOCCO3. The minimum atomic E-state index is -0.472. The molecule has 0 spiro atoms. The molecule has 0 saturated carbocycles. The van der Waals surface area contributed by atoms with Crippen molar-refractivity contribution in [3.05, 3.63) is 46.5 Å². The van der Waals surface area contributed by atoms with Crippen molar-refractivity contribution in [2.75, 3.05) is 37.5 Å². The number of nitrogens with two attached hydrogens (primary N) is 1. The van der Waals surface area contributed by atoms with E-state index < -0.39 is 5.91 Å². The van der Waals surface area contributed by atoms with Crippen LogP contribution in [-0.4, -0.2) is 46.9 Å². The molecule has 4 rings (SSSR count). The number of amides is 1. The minimum absolute atomic E-state index is 0.0651. The number of fused-ring (bicyclic) bond motifs is 3. The summed E-state index contributed by atoms with van der Waals surface area (Å²) in [6.07, 6.45) is 2.62. The van der Waals surface area contributed by atoms with Crippen molar-refractivity contribution >= 4 is 28.4 Å². The normalized spacial score (nSPS) is 14.0. The third-order valence-corrected chi connectivity index (χ3v) is 4.47. The average Bonchev–Trinajstić information content (AvgIpc) is 2.84. The highest BCUT2D eigenvalue weighted by Gasteiger charge is 2.18. The summed E-state index contributed by atoms with van der Waals surface area (Å²) in [5.41, 5.74) is 5.38. The van der Waals surface area contributed by atoms with E-state index in [0.29, 0.717) is 48.7 Å². The Bertz CT molecular complexity index is 1130. The van der Waals surface area contributed by atoms with Crippen LogP contribution < -0.4 is 26.1 Å². The maximum atomic E-state index is 12.9. The van der Waals surface area contributed by atoms with E-state index in [0.717, 1.165) is 0 Å². The Kier molecular flexibility index (Phi) is 5.00. The van der Waals surface area contributed by atoms with Crippen LogP contribution in [0.25, 0.3) is 10.8 Å². The van der Waals surface area contributed by atoms with Gasteiger partial charge in [0.1, 0.15) is 19.0 Å². The molecule has 0 bridgehead atoms. The fourth-order valence-corrected chi connectivity index (χ4v) is 2.97. The summed E-state index contributed by atoms with van der Waals surface area (Å²) in [7, 11) is 1.57. The van der Waals surface area contributed by atoms with E-state index in [2.05, 4.69) is 15.3 Å². The van der Waals surface area contributed by atoms with Gasteiger partial charge in [-0.25, -0.2) is 9.97 Å². The van der Waals surface area contributed by atoms with Crippen LogP contribution in [0, 0.1) is 0 Å². The highest BCUT2D eigenvalue weighted by atomic mass is 16.6. The largest absolute Gasteiger partial charge is 0.487 e. The molecule has 2 aromatic heterocycles. The number of nitrogens with one attached hydrogen (secondary N) is 1. The van der Waals surface area contributed by atoms with Gasteiger partial charge in [-0.3, -0.25) is 14.2 Å². The smallest absolute Gasteiger partial charge is 0.259 e. The van der Waals surface area contributed by atoms with E-state index in [1.807, 2.05) is 0 Å². The number of nitrogens with zero attached hydrogens (tertiary/aromatic N) is 3. The third-order valence-electron chi connectivity index (χ3n) is 4.47. The molecule has 1 aromatic carbocycles. The Hall–Kier alpha value is -3.66. The molecular formula is C19H19N5O5. The Balaban J connectivity index is 1.78. The number of nitrogen functional groups attached to an aromatic ring is 1. The fourth-order valence-electron chi connectivity index (χ4n) is 2.97. The zero-order valence-corrected chi connectivity index (χ0v) is 15.7. The van der Waals surface area contributed by atoms with Gasteiger partial charge in [-0.05, 0) is 18.2 Å². The van der Waals surface area contributed by atoms with Crippen LogP contribution >= 0.6 is 0 Å². The molecule has 0 aliphatic carbocycles. The molecular weight excluding hydrogens is 378 g/mol. The van der Waals surface area contributed by atoms with Crippen LogP contribution in [0.3, 0.4) is 0 Å². The topological polar surface area (TPSA) is 131 Å². The Morgan fingerprint density at radius 3 is 2.59 bits per heavy atom. The van der Waals surface area contributed by atoms with Gasteiger partial charge in [0.15, 0.2) is 11.5 Å². The van der Waals surface area contributed by atoms with Gasteiger partial charge in [0.05, 0.1) is 24.2 Å². The van der Waals surface area contributed by atoms with Crippen molar-refractivity contribution in [3.63, 3.8) is 0 Å². The molecule has 0 fully saturated rings. The van der Waals surface area contributed by atoms with E-state index in [9.17, 15) is 9.59 Å². The zero-order valence-electron chi connectivity index (χ0n) is 15.7. The monoisotopic (exact) mass is 397 g/mol. The molecule has 0 unspecified atom stereocenters. The van der Waals surface area contributed by atoms with Crippen molar-refractivity contribution in [1.82, 2.24) is 14.5 Å². The number of aromatic nitrogens is 3. The lowest BCUT2D eigenvalue weighted by Gasteiger charge is -2.16. The zero-order chi connectivity index (χ0) is 20.4. The lowest BCUT2D eigenvalue weighted by atomic mass is 10.1. The lowest BCUT2D eigenvalue weighted by molar-refractivity contribution is 0.0879. The number of hydrogen-bond acceptors (Lipinski definition) is 8. The first-order chi connectivity index (χ1) is 14.0. The first-order valence-corrected chi connectivity index (χ1v) is 8.93. The molecule has 1 aliphatic rings. The third kappa shape index (κ3) is 3.69. The number of carbonyl (C=O) groups is 1. The first-order valence-electron chi connectivity index (χ1n) is 8.93. The van der Waals surface area contributed by atoms with Crippen molar-refractivity contribution < 1.29 is 19.0 Å². The maximum absolute atomic E-state index is 12.9. The minimum Gasteiger partial charge on any atom is -0.487 e. The Morgan fingerprint density at radius 2 is 1.83 bits per heavy atom. The van der Waals surface area contributed by atoms with Gasteiger partial charge in [0, 0.05) is 24.8 Å². The van der Waals surface area contributed by atoms with E-state index in [1.165, 1.54) is 17.0 Å². The molecule has 0 saturated heterocycles. The molecule has 1 aliphatic heterocycles. The number of benzene rings is 1. The number of carbonyl (C=O) groups excluding carboxylic acids is 1. The second-order valence-corrected chi connectivity index (χ2v) is 6.34. The average molecular weight is 397 g/mol. The molecule has 0 atom stereocenters. The molecule has 3 heterocycles. The Morgan fingerprint density at radius 1 is 1.10 bits per heavy atom. The standard InChI is InChI=1S/C19H19N5O5/c1-24-15(23-17(25)11-9-21-19(20)22-10-11)8-13-12(18(24)26)2-3-14-16(13)29-7-5-27-4-6-28-14/h2-3,8-10H,4-7H2,1H3,(H,23,25)(H2,20,21,22). The van der Waals surface area contributed by atoms with Gasteiger partial charge in [0.2, 0.25) is 5.95 Å². The number of hydrogen-bond donors (Lipinski definition) is 2. The molecule has 3 N–H and O–H groups in total. The van der Waals surface area contributed by atoms with Gasteiger partial charge < -0.3 is 25.3 Å². The summed E-state index contributed by atoms with van der Waals surface area (Å²) >= 11 is 0. The molecule has 0 radical (unpaired) electrons. The number of ether oxygens (including phenoxy) is 3. The molecule has 10 nitrogen and oxygen atoms in total. The molecule has 10 heteroatoms. The first kappa shape index (κ1) is 18.7. The Labute approximate surface area is 165 Å². The predicted molar refractivity (Wildman–Crippen MR) is 105 cm³/mol. The van der Waals surface area contributed by atoms with Crippen LogP contribution in [0.2, 0.25) is 0 Å². The van der Waals surface area contributed by atoms with Gasteiger partial charge in [0.25, 0.3) is 11.5 Å². The summed E-state index contributed by atoms with van der Waals surface area (Å²) < 4.78 is 18.3. The van der Waals surface area contributed by atoms with Gasteiger partial charge in [-0.1, -0.05) is 0 Å². The van der Waals surface area contributed by atoms with Crippen LogP contribution in [0.1, 0.15) is 10.4 Å². The highest BCUT2D eigenvalue weighted by molar-refractivity contribution is 6.04. The summed E-state index contributed by atoms with van der Waals surface area (Å²) in [6, 6.07) is 5.06. The van der Waals surface area contributed by atoms with Crippen LogP contribution in [0.15, 0.2) is 35.4 Å². The van der Waals surface area contributed by atoms with Crippen LogP contribution in [0.4, 0.5) is 11.8 Å². The molecule has 150 valence electrons. The van der Waals surface area contributed by atoms with Crippen molar-refractivity contribution in [2.45, 2.75) is 0 Å². The van der Waals surface area contributed by atoms with Gasteiger partial charge >= 0.3 is 0 Å².